The highest BCUT2D eigenvalue weighted by Gasteiger charge is 2.33. The van der Waals surface area contributed by atoms with Crippen LogP contribution in [0.15, 0.2) is 0 Å². The number of aliphatic carboxylic acids is 1. The summed E-state index contributed by atoms with van der Waals surface area (Å²) in [5.74, 6) is 0.113. The predicted molar refractivity (Wildman–Crippen MR) is 69.1 cm³/mol. The maximum atomic E-state index is 10.6. The van der Waals surface area contributed by atoms with Crippen LogP contribution >= 0.6 is 12.4 Å². The summed E-state index contributed by atoms with van der Waals surface area (Å²) in [6, 6.07) is 0. The first-order chi connectivity index (χ1) is 7.24. The number of halogens is 1. The standard InChI is InChI=1S/C13H24O2.ClH/c1-2-3-4-5-6-7-8-11-9-12(10-11)13(14)15;/h11-12H,2-10H2,1H3,(H,14,15);1H. The van der Waals surface area contributed by atoms with E-state index >= 15 is 0 Å². The Kier molecular flexibility index (Phi) is 8.73. The lowest BCUT2D eigenvalue weighted by Crippen LogP contribution is -2.30. The summed E-state index contributed by atoms with van der Waals surface area (Å²) in [4.78, 5) is 10.6. The monoisotopic (exact) mass is 248 g/mol. The molecule has 0 bridgehead atoms. The fourth-order valence-electron chi connectivity index (χ4n) is 2.39. The molecule has 1 fully saturated rings. The van der Waals surface area contributed by atoms with Gasteiger partial charge < -0.3 is 5.11 Å². The Morgan fingerprint density at radius 3 is 2.25 bits per heavy atom. The molecule has 0 aromatic rings. The van der Waals surface area contributed by atoms with Crippen molar-refractivity contribution in [2.75, 3.05) is 0 Å². The third-order valence-electron chi connectivity index (χ3n) is 3.55. The minimum atomic E-state index is -0.589. The van der Waals surface area contributed by atoms with Crippen LogP contribution in [0.5, 0.6) is 0 Å². The molecular weight excluding hydrogens is 224 g/mol. The van der Waals surface area contributed by atoms with Crippen LogP contribution in [0, 0.1) is 11.8 Å². The van der Waals surface area contributed by atoms with E-state index in [-0.39, 0.29) is 18.3 Å². The van der Waals surface area contributed by atoms with Gasteiger partial charge in [0.2, 0.25) is 0 Å². The zero-order chi connectivity index (χ0) is 11.1. The molecule has 96 valence electrons. The second kappa shape index (κ2) is 8.86. The molecule has 0 atom stereocenters. The van der Waals surface area contributed by atoms with Crippen molar-refractivity contribution in [1.29, 1.82) is 0 Å². The van der Waals surface area contributed by atoms with Gasteiger partial charge in [0.05, 0.1) is 5.92 Å². The van der Waals surface area contributed by atoms with E-state index in [0.29, 0.717) is 0 Å². The Balaban J connectivity index is 0.00000225. The zero-order valence-electron chi connectivity index (χ0n) is 10.3. The highest BCUT2D eigenvalue weighted by Crippen LogP contribution is 2.37. The Morgan fingerprint density at radius 1 is 1.12 bits per heavy atom. The van der Waals surface area contributed by atoms with Crippen LogP contribution in [0.4, 0.5) is 0 Å². The molecule has 2 nitrogen and oxygen atoms in total. The molecule has 1 aliphatic rings. The van der Waals surface area contributed by atoms with Crippen molar-refractivity contribution >= 4 is 18.4 Å². The average Bonchev–Trinajstić information content (AvgIpc) is 2.12. The quantitative estimate of drug-likeness (QED) is 0.652. The van der Waals surface area contributed by atoms with E-state index in [2.05, 4.69) is 6.92 Å². The van der Waals surface area contributed by atoms with Crippen LogP contribution in [-0.4, -0.2) is 11.1 Å². The van der Waals surface area contributed by atoms with E-state index in [1.54, 1.807) is 0 Å². The van der Waals surface area contributed by atoms with Crippen LogP contribution in [0.2, 0.25) is 0 Å². The van der Waals surface area contributed by atoms with Crippen molar-refractivity contribution in [3.8, 4) is 0 Å². The second-order valence-corrected chi connectivity index (χ2v) is 4.93. The van der Waals surface area contributed by atoms with E-state index in [1.807, 2.05) is 0 Å². The SMILES string of the molecule is CCCCCCCCC1CC(C(=O)O)C1.Cl. The largest absolute Gasteiger partial charge is 0.481 e. The Morgan fingerprint density at radius 2 is 1.69 bits per heavy atom. The first kappa shape index (κ1) is 15.8. The lowest BCUT2D eigenvalue weighted by atomic mass is 9.72. The predicted octanol–water partition coefficient (Wildman–Crippen LogP) is 4.27. The summed E-state index contributed by atoms with van der Waals surface area (Å²) < 4.78 is 0. The fraction of sp³-hybridized carbons (Fsp3) is 0.923. The van der Waals surface area contributed by atoms with Gasteiger partial charge in [-0.25, -0.2) is 0 Å². The summed E-state index contributed by atoms with van der Waals surface area (Å²) in [7, 11) is 0. The molecule has 0 amide bonds. The Labute approximate surface area is 105 Å². The molecule has 0 spiro atoms. The summed E-state index contributed by atoms with van der Waals surface area (Å²) in [6.45, 7) is 2.24. The van der Waals surface area contributed by atoms with Crippen molar-refractivity contribution in [3.63, 3.8) is 0 Å². The van der Waals surface area contributed by atoms with Crippen LogP contribution in [0.25, 0.3) is 0 Å². The van der Waals surface area contributed by atoms with Gasteiger partial charge >= 0.3 is 5.97 Å². The molecular formula is C13H25ClO2. The van der Waals surface area contributed by atoms with Gasteiger partial charge in [-0.1, -0.05) is 51.9 Å². The molecule has 0 saturated heterocycles. The van der Waals surface area contributed by atoms with Crippen molar-refractivity contribution < 1.29 is 9.90 Å². The Bertz CT molecular complexity index is 188. The molecule has 0 heterocycles. The molecule has 0 aliphatic heterocycles. The van der Waals surface area contributed by atoms with E-state index < -0.39 is 5.97 Å². The van der Waals surface area contributed by atoms with Gasteiger partial charge in [0.15, 0.2) is 0 Å². The van der Waals surface area contributed by atoms with Crippen molar-refractivity contribution in [2.24, 2.45) is 11.8 Å². The zero-order valence-corrected chi connectivity index (χ0v) is 11.1. The summed E-state index contributed by atoms with van der Waals surface area (Å²) >= 11 is 0. The van der Waals surface area contributed by atoms with Gasteiger partial charge in [-0.15, -0.1) is 12.4 Å². The van der Waals surface area contributed by atoms with Gasteiger partial charge in [-0.05, 0) is 18.8 Å². The summed E-state index contributed by atoms with van der Waals surface area (Å²) in [5.41, 5.74) is 0. The van der Waals surface area contributed by atoms with Crippen LogP contribution in [0.1, 0.15) is 64.7 Å². The first-order valence-corrected chi connectivity index (χ1v) is 6.46. The smallest absolute Gasteiger partial charge is 0.306 e. The molecule has 1 rings (SSSR count). The first-order valence-electron chi connectivity index (χ1n) is 6.46. The third kappa shape index (κ3) is 5.74. The van der Waals surface area contributed by atoms with Crippen LogP contribution in [0.3, 0.4) is 0 Å². The molecule has 0 aromatic heterocycles. The van der Waals surface area contributed by atoms with Crippen LogP contribution < -0.4 is 0 Å². The number of hydrogen-bond donors (Lipinski definition) is 1. The van der Waals surface area contributed by atoms with Crippen LogP contribution in [-0.2, 0) is 4.79 Å². The normalized spacial score (nSPS) is 23.3. The molecule has 16 heavy (non-hydrogen) atoms. The summed E-state index contributed by atoms with van der Waals surface area (Å²) in [6.07, 6.45) is 11.2. The minimum Gasteiger partial charge on any atom is -0.481 e. The molecule has 3 heteroatoms. The number of carboxylic acids is 1. The van der Waals surface area contributed by atoms with Gasteiger partial charge in [-0.3, -0.25) is 4.79 Å². The highest BCUT2D eigenvalue weighted by molar-refractivity contribution is 5.85. The number of rotatable bonds is 8. The maximum Gasteiger partial charge on any atom is 0.306 e. The topological polar surface area (TPSA) is 37.3 Å². The number of carboxylic acid groups (broad SMARTS) is 1. The molecule has 1 saturated carbocycles. The van der Waals surface area contributed by atoms with Crippen molar-refractivity contribution in [3.05, 3.63) is 0 Å². The van der Waals surface area contributed by atoms with E-state index in [9.17, 15) is 4.79 Å². The molecule has 0 unspecified atom stereocenters. The second-order valence-electron chi connectivity index (χ2n) is 4.93. The maximum absolute atomic E-state index is 10.6. The molecule has 1 aliphatic carbocycles. The lowest BCUT2D eigenvalue weighted by Gasteiger charge is -2.32. The van der Waals surface area contributed by atoms with Gasteiger partial charge in [0.1, 0.15) is 0 Å². The summed E-state index contributed by atoms with van der Waals surface area (Å²) in [5, 5.41) is 8.72. The average molecular weight is 249 g/mol. The fourth-order valence-corrected chi connectivity index (χ4v) is 2.39. The van der Waals surface area contributed by atoms with E-state index in [4.69, 9.17) is 5.11 Å². The highest BCUT2D eigenvalue weighted by atomic mass is 35.5. The number of unbranched alkanes of at least 4 members (excludes halogenated alkanes) is 5. The molecule has 0 aromatic carbocycles. The Hall–Kier alpha value is -0.240. The lowest BCUT2D eigenvalue weighted by molar-refractivity contribution is -0.146. The van der Waals surface area contributed by atoms with E-state index in [0.717, 1.165) is 18.8 Å². The number of hydrogen-bond acceptors (Lipinski definition) is 1. The molecule has 0 radical (unpaired) electrons. The minimum absolute atomic E-state index is 0. The molecule has 1 N–H and O–H groups in total. The number of carbonyl (C=O) groups is 1. The van der Waals surface area contributed by atoms with Gasteiger partial charge in [0, 0.05) is 0 Å². The van der Waals surface area contributed by atoms with Crippen molar-refractivity contribution in [2.45, 2.75) is 64.7 Å². The van der Waals surface area contributed by atoms with E-state index in [1.165, 1.54) is 44.9 Å². The van der Waals surface area contributed by atoms with Gasteiger partial charge in [0.25, 0.3) is 0 Å². The van der Waals surface area contributed by atoms with Crippen molar-refractivity contribution in [1.82, 2.24) is 0 Å². The third-order valence-corrected chi connectivity index (χ3v) is 3.55. The van der Waals surface area contributed by atoms with Gasteiger partial charge in [-0.2, -0.15) is 0 Å².